The molecule has 0 radical (unpaired) electrons. The molecule has 2 aromatic heterocycles. The molecule has 2 rings (SSSR count). The van der Waals surface area contributed by atoms with Crippen molar-refractivity contribution in [3.8, 4) is 0 Å². The second-order valence-corrected chi connectivity index (χ2v) is 5.18. The van der Waals surface area contributed by atoms with Gasteiger partial charge in [0.15, 0.2) is 5.69 Å². The largest absolute Gasteiger partial charge is 0.396 e. The number of anilines is 1. The van der Waals surface area contributed by atoms with Gasteiger partial charge in [-0.25, -0.2) is 0 Å². The van der Waals surface area contributed by atoms with Crippen molar-refractivity contribution in [1.29, 1.82) is 0 Å². The molecule has 2 N–H and O–H groups in total. The van der Waals surface area contributed by atoms with Crippen molar-refractivity contribution in [3.63, 3.8) is 0 Å². The minimum atomic E-state index is -0.154. The molecule has 112 valence electrons. The van der Waals surface area contributed by atoms with E-state index in [4.69, 9.17) is 5.73 Å². The number of nitrogen functional groups attached to an aromatic ring is 1. The topological polar surface area (TPSA) is 77.0 Å². The number of pyridine rings is 1. The van der Waals surface area contributed by atoms with Crippen LogP contribution in [0.1, 0.15) is 36.8 Å². The highest BCUT2D eigenvalue weighted by Crippen LogP contribution is 2.16. The maximum atomic E-state index is 12.7. The van der Waals surface area contributed by atoms with Crippen LogP contribution in [0.5, 0.6) is 0 Å². The van der Waals surface area contributed by atoms with E-state index < -0.39 is 0 Å². The molecular formula is C15H21N5O. The zero-order chi connectivity index (χ0) is 15.4. The summed E-state index contributed by atoms with van der Waals surface area (Å²) in [5.74, 6) is -0.154. The second kappa shape index (κ2) is 6.39. The molecule has 6 heteroatoms. The fourth-order valence-corrected chi connectivity index (χ4v) is 2.08. The average Bonchev–Trinajstić information content (AvgIpc) is 2.86. The predicted octanol–water partition coefficient (Wildman–Crippen LogP) is 1.93. The van der Waals surface area contributed by atoms with Gasteiger partial charge < -0.3 is 10.6 Å². The Bertz CT molecular complexity index is 606. The van der Waals surface area contributed by atoms with Crippen LogP contribution in [0.3, 0.4) is 0 Å². The van der Waals surface area contributed by atoms with Crippen molar-refractivity contribution in [1.82, 2.24) is 19.7 Å². The van der Waals surface area contributed by atoms with Crippen LogP contribution in [0.2, 0.25) is 0 Å². The predicted molar refractivity (Wildman–Crippen MR) is 81.6 cm³/mol. The number of aryl methyl sites for hydroxylation is 1. The third-order valence-corrected chi connectivity index (χ3v) is 3.28. The van der Waals surface area contributed by atoms with Gasteiger partial charge in [0.25, 0.3) is 5.91 Å². The van der Waals surface area contributed by atoms with Crippen LogP contribution < -0.4 is 5.73 Å². The lowest BCUT2D eigenvalue weighted by atomic mass is 10.2. The SMILES string of the molecule is CCn1cc(N)c(C(=O)N(Cc2cccnc2)C(C)C)n1. The first kappa shape index (κ1) is 15.0. The number of carbonyl (C=O) groups is 1. The van der Waals surface area contributed by atoms with Crippen LogP contribution >= 0.6 is 0 Å². The van der Waals surface area contributed by atoms with E-state index in [1.807, 2.05) is 32.9 Å². The zero-order valence-corrected chi connectivity index (χ0v) is 12.7. The molecule has 0 saturated carbocycles. The summed E-state index contributed by atoms with van der Waals surface area (Å²) in [6.45, 7) is 7.07. The minimum absolute atomic E-state index is 0.0453. The maximum Gasteiger partial charge on any atom is 0.277 e. The number of nitrogens with two attached hydrogens (primary N) is 1. The van der Waals surface area contributed by atoms with E-state index in [1.54, 1.807) is 28.2 Å². The summed E-state index contributed by atoms with van der Waals surface area (Å²) in [7, 11) is 0. The van der Waals surface area contributed by atoms with E-state index in [-0.39, 0.29) is 11.9 Å². The Kier molecular flexibility index (Phi) is 4.57. The van der Waals surface area contributed by atoms with Crippen molar-refractivity contribution >= 4 is 11.6 Å². The summed E-state index contributed by atoms with van der Waals surface area (Å²) < 4.78 is 1.67. The Hall–Kier alpha value is -2.37. The third kappa shape index (κ3) is 3.39. The monoisotopic (exact) mass is 287 g/mol. The van der Waals surface area contributed by atoms with E-state index in [1.165, 1.54) is 0 Å². The van der Waals surface area contributed by atoms with Gasteiger partial charge in [-0.15, -0.1) is 0 Å². The Labute approximate surface area is 124 Å². The third-order valence-electron chi connectivity index (χ3n) is 3.28. The highest BCUT2D eigenvalue weighted by Gasteiger charge is 2.23. The molecule has 0 unspecified atom stereocenters. The highest BCUT2D eigenvalue weighted by atomic mass is 16.2. The molecule has 0 aromatic carbocycles. The molecule has 0 atom stereocenters. The normalized spacial score (nSPS) is 10.9. The van der Waals surface area contributed by atoms with Gasteiger partial charge in [0.05, 0.1) is 5.69 Å². The van der Waals surface area contributed by atoms with Crippen LogP contribution in [-0.4, -0.2) is 31.6 Å². The molecule has 0 fully saturated rings. The Morgan fingerprint density at radius 2 is 2.24 bits per heavy atom. The summed E-state index contributed by atoms with van der Waals surface area (Å²) in [5.41, 5.74) is 7.62. The van der Waals surface area contributed by atoms with Crippen molar-refractivity contribution in [3.05, 3.63) is 42.0 Å². The molecular weight excluding hydrogens is 266 g/mol. The van der Waals surface area contributed by atoms with Gasteiger partial charge in [-0.05, 0) is 32.4 Å². The number of hydrogen-bond donors (Lipinski definition) is 1. The molecule has 21 heavy (non-hydrogen) atoms. The molecule has 0 bridgehead atoms. The molecule has 2 heterocycles. The Morgan fingerprint density at radius 1 is 1.48 bits per heavy atom. The molecule has 1 amide bonds. The fourth-order valence-electron chi connectivity index (χ4n) is 2.08. The fraction of sp³-hybridized carbons (Fsp3) is 0.400. The second-order valence-electron chi connectivity index (χ2n) is 5.18. The standard InChI is InChI=1S/C15H21N5O/c1-4-19-10-13(16)14(18-19)15(21)20(11(2)3)9-12-6-5-7-17-8-12/h5-8,10-11H,4,9,16H2,1-3H3. The molecule has 0 saturated heterocycles. The molecule has 0 aliphatic rings. The Balaban J connectivity index is 2.25. The first-order valence-electron chi connectivity index (χ1n) is 7.05. The van der Waals surface area contributed by atoms with Gasteiger partial charge in [-0.1, -0.05) is 6.07 Å². The molecule has 0 aliphatic carbocycles. The number of amides is 1. The van der Waals surface area contributed by atoms with Crippen molar-refractivity contribution in [2.45, 2.75) is 39.9 Å². The quantitative estimate of drug-likeness (QED) is 0.911. The van der Waals surface area contributed by atoms with Crippen molar-refractivity contribution in [2.24, 2.45) is 0 Å². The van der Waals surface area contributed by atoms with Gasteiger partial charge in [0, 0.05) is 37.7 Å². The van der Waals surface area contributed by atoms with Crippen molar-refractivity contribution in [2.75, 3.05) is 5.73 Å². The highest BCUT2D eigenvalue weighted by molar-refractivity contribution is 5.97. The number of hydrogen-bond acceptors (Lipinski definition) is 4. The van der Waals surface area contributed by atoms with E-state index in [0.717, 1.165) is 5.56 Å². The maximum absolute atomic E-state index is 12.7. The van der Waals surface area contributed by atoms with Crippen LogP contribution in [0, 0.1) is 0 Å². The number of rotatable bonds is 5. The number of carbonyl (C=O) groups excluding carboxylic acids is 1. The summed E-state index contributed by atoms with van der Waals surface area (Å²) >= 11 is 0. The molecule has 2 aromatic rings. The summed E-state index contributed by atoms with van der Waals surface area (Å²) in [6, 6.07) is 3.85. The lowest BCUT2D eigenvalue weighted by Crippen LogP contribution is -2.37. The van der Waals surface area contributed by atoms with Crippen LogP contribution in [0.4, 0.5) is 5.69 Å². The first-order chi connectivity index (χ1) is 10.0. The van der Waals surface area contributed by atoms with Gasteiger partial charge >= 0.3 is 0 Å². The lowest BCUT2D eigenvalue weighted by molar-refractivity contribution is 0.0684. The smallest absolute Gasteiger partial charge is 0.277 e. The lowest BCUT2D eigenvalue weighted by Gasteiger charge is -2.26. The van der Waals surface area contributed by atoms with E-state index in [2.05, 4.69) is 10.1 Å². The van der Waals surface area contributed by atoms with Crippen LogP contribution in [-0.2, 0) is 13.1 Å². The molecule has 6 nitrogen and oxygen atoms in total. The number of aromatic nitrogens is 3. The van der Waals surface area contributed by atoms with Gasteiger partial charge in [-0.2, -0.15) is 5.10 Å². The van der Waals surface area contributed by atoms with E-state index in [0.29, 0.717) is 24.5 Å². The average molecular weight is 287 g/mol. The van der Waals surface area contributed by atoms with Gasteiger partial charge in [0.2, 0.25) is 0 Å². The summed E-state index contributed by atoms with van der Waals surface area (Å²) in [5, 5.41) is 4.26. The van der Waals surface area contributed by atoms with E-state index in [9.17, 15) is 4.79 Å². The van der Waals surface area contributed by atoms with Crippen LogP contribution in [0.25, 0.3) is 0 Å². The summed E-state index contributed by atoms with van der Waals surface area (Å²) in [6.07, 6.45) is 5.17. The summed E-state index contributed by atoms with van der Waals surface area (Å²) in [4.78, 5) is 18.5. The van der Waals surface area contributed by atoms with Crippen molar-refractivity contribution < 1.29 is 4.79 Å². The zero-order valence-electron chi connectivity index (χ0n) is 12.7. The molecule has 0 aliphatic heterocycles. The van der Waals surface area contributed by atoms with Gasteiger partial charge in [0.1, 0.15) is 0 Å². The minimum Gasteiger partial charge on any atom is -0.396 e. The van der Waals surface area contributed by atoms with E-state index >= 15 is 0 Å². The Morgan fingerprint density at radius 3 is 2.76 bits per heavy atom. The number of nitrogens with zero attached hydrogens (tertiary/aromatic N) is 4. The molecule has 0 spiro atoms. The first-order valence-corrected chi connectivity index (χ1v) is 7.05. The van der Waals surface area contributed by atoms with Gasteiger partial charge in [-0.3, -0.25) is 14.5 Å². The van der Waals surface area contributed by atoms with Crippen LogP contribution in [0.15, 0.2) is 30.7 Å².